The summed E-state index contributed by atoms with van der Waals surface area (Å²) in [5.74, 6) is 0.755. The molecule has 3 nitrogen and oxygen atoms in total. The molecule has 1 aromatic heterocycles. The van der Waals surface area contributed by atoms with Crippen molar-refractivity contribution < 1.29 is 4.79 Å². The minimum Gasteiger partial charge on any atom is -0.338 e. The molecule has 2 aliphatic rings. The topological polar surface area (TPSA) is 23.6 Å². The maximum absolute atomic E-state index is 13.1. The van der Waals surface area contributed by atoms with Crippen molar-refractivity contribution in [1.29, 1.82) is 0 Å². The zero-order valence-corrected chi connectivity index (χ0v) is 16.2. The van der Waals surface area contributed by atoms with Crippen molar-refractivity contribution in [2.45, 2.75) is 44.1 Å². The van der Waals surface area contributed by atoms with E-state index in [0.717, 1.165) is 25.1 Å². The Morgan fingerprint density at radius 2 is 1.85 bits per heavy atom. The average Bonchev–Trinajstić information content (AvgIpc) is 3.37. The molecule has 0 aliphatic carbocycles. The van der Waals surface area contributed by atoms with E-state index < -0.39 is 0 Å². The van der Waals surface area contributed by atoms with E-state index in [1.165, 1.54) is 37.9 Å². The number of rotatable bonds is 5. The second kappa shape index (κ2) is 8.36. The third-order valence-electron chi connectivity index (χ3n) is 5.91. The number of carbonyl (C=O) groups excluding carboxylic acids is 1. The summed E-state index contributed by atoms with van der Waals surface area (Å²) in [6.45, 7) is 4.30. The van der Waals surface area contributed by atoms with Gasteiger partial charge in [0.1, 0.15) is 0 Å². The molecule has 2 fully saturated rings. The lowest BCUT2D eigenvalue weighted by Gasteiger charge is -2.43. The summed E-state index contributed by atoms with van der Waals surface area (Å²) >= 11 is 1.67. The molecule has 26 heavy (non-hydrogen) atoms. The van der Waals surface area contributed by atoms with Crippen molar-refractivity contribution in [2.75, 3.05) is 26.2 Å². The molecule has 4 rings (SSSR count). The maximum atomic E-state index is 13.1. The number of thiophene rings is 1. The molecular weight excluding hydrogens is 340 g/mol. The summed E-state index contributed by atoms with van der Waals surface area (Å²) in [6.07, 6.45) is 5.43. The van der Waals surface area contributed by atoms with Crippen LogP contribution in [0, 0.1) is 0 Å². The van der Waals surface area contributed by atoms with Gasteiger partial charge in [0.2, 0.25) is 5.91 Å². The second-order valence-electron chi connectivity index (χ2n) is 7.63. The number of hydrogen-bond donors (Lipinski definition) is 0. The van der Waals surface area contributed by atoms with Crippen LogP contribution in [-0.4, -0.2) is 47.9 Å². The van der Waals surface area contributed by atoms with Gasteiger partial charge in [-0.25, -0.2) is 0 Å². The third kappa shape index (κ3) is 4.02. The van der Waals surface area contributed by atoms with Crippen LogP contribution in [0.2, 0.25) is 0 Å². The molecule has 2 aliphatic heterocycles. The van der Waals surface area contributed by atoms with Crippen molar-refractivity contribution in [3.8, 4) is 0 Å². The summed E-state index contributed by atoms with van der Waals surface area (Å²) in [4.78, 5) is 17.9. The van der Waals surface area contributed by atoms with Gasteiger partial charge in [0.05, 0.1) is 12.5 Å². The molecular formula is C22H28N2OS. The van der Waals surface area contributed by atoms with Gasteiger partial charge in [0.25, 0.3) is 0 Å². The van der Waals surface area contributed by atoms with E-state index in [0.29, 0.717) is 24.3 Å². The minimum absolute atomic E-state index is 0.299. The molecule has 138 valence electrons. The van der Waals surface area contributed by atoms with Crippen molar-refractivity contribution in [2.24, 2.45) is 0 Å². The van der Waals surface area contributed by atoms with Crippen molar-refractivity contribution in [3.05, 3.63) is 58.3 Å². The number of nitrogens with zero attached hydrogens (tertiary/aromatic N) is 2. The molecule has 0 N–H and O–H groups in total. The smallest absolute Gasteiger partial charge is 0.227 e. The zero-order chi connectivity index (χ0) is 17.8. The largest absolute Gasteiger partial charge is 0.338 e. The number of carbonyl (C=O) groups is 1. The molecule has 1 amide bonds. The van der Waals surface area contributed by atoms with Crippen LogP contribution < -0.4 is 0 Å². The van der Waals surface area contributed by atoms with Crippen LogP contribution in [0.25, 0.3) is 0 Å². The van der Waals surface area contributed by atoms with Crippen LogP contribution >= 0.6 is 11.3 Å². The molecule has 1 aromatic carbocycles. The molecule has 0 radical (unpaired) electrons. The first-order valence-corrected chi connectivity index (χ1v) is 10.8. The third-order valence-corrected chi connectivity index (χ3v) is 6.64. The lowest BCUT2D eigenvalue weighted by Crippen LogP contribution is -2.52. The fourth-order valence-electron chi connectivity index (χ4n) is 4.58. The van der Waals surface area contributed by atoms with E-state index in [1.807, 2.05) is 0 Å². The fraction of sp³-hybridized carbons (Fsp3) is 0.500. The van der Waals surface area contributed by atoms with Gasteiger partial charge >= 0.3 is 0 Å². The van der Waals surface area contributed by atoms with Gasteiger partial charge in [-0.3, -0.25) is 4.79 Å². The lowest BCUT2D eigenvalue weighted by molar-refractivity contribution is -0.135. The Kier molecular flexibility index (Phi) is 5.71. The van der Waals surface area contributed by atoms with Crippen molar-refractivity contribution >= 4 is 17.2 Å². The van der Waals surface area contributed by atoms with Crippen LogP contribution in [0.3, 0.4) is 0 Å². The maximum Gasteiger partial charge on any atom is 0.227 e. The molecule has 2 saturated heterocycles. The van der Waals surface area contributed by atoms with E-state index in [4.69, 9.17) is 0 Å². The highest BCUT2D eigenvalue weighted by Crippen LogP contribution is 2.34. The molecule has 0 saturated carbocycles. The first kappa shape index (κ1) is 17.7. The van der Waals surface area contributed by atoms with Crippen LogP contribution in [-0.2, 0) is 11.2 Å². The summed E-state index contributed by atoms with van der Waals surface area (Å²) < 4.78 is 0. The molecule has 2 aromatic rings. The number of amides is 1. The Morgan fingerprint density at radius 1 is 1.04 bits per heavy atom. The van der Waals surface area contributed by atoms with E-state index in [1.54, 1.807) is 11.3 Å². The number of piperidine rings is 1. The second-order valence-corrected chi connectivity index (χ2v) is 8.41. The Morgan fingerprint density at radius 3 is 2.58 bits per heavy atom. The Labute approximate surface area is 160 Å². The Hall–Kier alpha value is -1.65. The number of likely N-dealkylation sites (tertiary alicyclic amines) is 2. The van der Waals surface area contributed by atoms with Gasteiger partial charge in [-0.15, -0.1) is 0 Å². The summed E-state index contributed by atoms with van der Waals surface area (Å²) in [6, 6.07) is 13.2. The first-order chi connectivity index (χ1) is 12.8. The lowest BCUT2D eigenvalue weighted by atomic mass is 9.83. The van der Waals surface area contributed by atoms with Crippen molar-refractivity contribution in [3.63, 3.8) is 0 Å². The van der Waals surface area contributed by atoms with Gasteiger partial charge in [-0.2, -0.15) is 11.3 Å². The van der Waals surface area contributed by atoms with E-state index in [-0.39, 0.29) is 0 Å². The van der Waals surface area contributed by atoms with Crippen LogP contribution in [0.4, 0.5) is 0 Å². The first-order valence-electron chi connectivity index (χ1n) is 9.89. The zero-order valence-electron chi connectivity index (χ0n) is 15.3. The quantitative estimate of drug-likeness (QED) is 0.791. The average molecular weight is 369 g/mol. The normalized spacial score (nSPS) is 24.1. The SMILES string of the molecule is O=C(Cc1ccsc1)N1CCC[C@H](c2ccccc2)[C@@H]1CN1CCCC1. The molecule has 3 heterocycles. The van der Waals surface area contributed by atoms with Crippen LogP contribution in [0.5, 0.6) is 0 Å². The predicted molar refractivity (Wildman–Crippen MR) is 108 cm³/mol. The summed E-state index contributed by atoms with van der Waals surface area (Å²) in [5.41, 5.74) is 2.55. The molecule has 4 heteroatoms. The Bertz CT molecular complexity index is 694. The monoisotopic (exact) mass is 368 g/mol. The minimum atomic E-state index is 0.299. The molecule has 2 atom stereocenters. The highest BCUT2D eigenvalue weighted by Gasteiger charge is 2.36. The van der Waals surface area contributed by atoms with E-state index >= 15 is 0 Å². The van der Waals surface area contributed by atoms with E-state index in [2.05, 4.69) is 57.0 Å². The number of hydrogen-bond acceptors (Lipinski definition) is 3. The molecule has 0 spiro atoms. The highest BCUT2D eigenvalue weighted by molar-refractivity contribution is 7.08. The molecule has 0 bridgehead atoms. The van der Waals surface area contributed by atoms with Gasteiger partial charge in [-0.1, -0.05) is 30.3 Å². The number of benzene rings is 1. The summed E-state index contributed by atoms with van der Waals surface area (Å²) in [5, 5.41) is 4.17. The standard InChI is InChI=1S/C22H28N2OS/c25-22(15-18-10-14-26-17-18)24-13-6-9-20(19-7-2-1-3-8-19)21(24)16-23-11-4-5-12-23/h1-3,7-8,10,14,17,20-21H,4-6,9,11-13,15-16H2/t20-,21+/m1/s1. The Balaban J connectivity index is 1.56. The predicted octanol–water partition coefficient (Wildman–Crippen LogP) is 4.16. The highest BCUT2D eigenvalue weighted by atomic mass is 32.1. The van der Waals surface area contributed by atoms with Crippen LogP contribution in [0.15, 0.2) is 47.2 Å². The van der Waals surface area contributed by atoms with Gasteiger partial charge in [0.15, 0.2) is 0 Å². The van der Waals surface area contributed by atoms with Gasteiger partial charge < -0.3 is 9.80 Å². The van der Waals surface area contributed by atoms with Crippen molar-refractivity contribution in [1.82, 2.24) is 9.80 Å². The van der Waals surface area contributed by atoms with E-state index in [9.17, 15) is 4.79 Å². The summed E-state index contributed by atoms with van der Waals surface area (Å²) in [7, 11) is 0. The fourth-order valence-corrected chi connectivity index (χ4v) is 5.25. The van der Waals surface area contributed by atoms with Gasteiger partial charge in [0, 0.05) is 19.0 Å². The van der Waals surface area contributed by atoms with Crippen LogP contribution in [0.1, 0.15) is 42.7 Å². The van der Waals surface area contributed by atoms with Gasteiger partial charge in [-0.05, 0) is 66.7 Å². The molecule has 0 unspecified atom stereocenters.